The molecule has 2 rings (SSSR count). The Hall–Kier alpha value is -1.61. The van der Waals surface area contributed by atoms with Gasteiger partial charge in [0.2, 0.25) is 0 Å². The zero-order valence-corrected chi connectivity index (χ0v) is 11.6. The van der Waals surface area contributed by atoms with Gasteiger partial charge in [0.1, 0.15) is 0 Å². The number of rotatable bonds is 3. The van der Waals surface area contributed by atoms with E-state index in [0.717, 1.165) is 12.2 Å². The fourth-order valence-corrected chi connectivity index (χ4v) is 1.81. The molecule has 2 aromatic rings. The molecule has 0 bridgehead atoms. The van der Waals surface area contributed by atoms with Gasteiger partial charge in [-0.1, -0.05) is 18.2 Å². The molecule has 1 aromatic heterocycles. The molecular formula is C15H21N3. The van der Waals surface area contributed by atoms with Crippen LogP contribution in [0.3, 0.4) is 0 Å². The average Bonchev–Trinajstić information content (AvgIpc) is 2.68. The summed E-state index contributed by atoms with van der Waals surface area (Å²) in [6.07, 6.45) is 1.95. The zero-order chi connectivity index (χ0) is 13.2. The molecule has 0 radical (unpaired) electrons. The summed E-state index contributed by atoms with van der Waals surface area (Å²) >= 11 is 0. The molecule has 0 amide bonds. The van der Waals surface area contributed by atoms with Gasteiger partial charge < -0.3 is 5.32 Å². The third-order valence-corrected chi connectivity index (χ3v) is 2.92. The van der Waals surface area contributed by atoms with Crippen LogP contribution < -0.4 is 5.32 Å². The van der Waals surface area contributed by atoms with Gasteiger partial charge >= 0.3 is 0 Å². The van der Waals surface area contributed by atoms with Crippen molar-refractivity contribution in [3.8, 4) is 5.69 Å². The standard InChI is InChI=1S/C15H21N3/c1-12-13(10-16-15(2,3)4)11-17-18(12)14-8-6-5-7-9-14/h5-9,11,16H,10H2,1-4H3. The molecule has 18 heavy (non-hydrogen) atoms. The van der Waals surface area contributed by atoms with E-state index in [1.165, 1.54) is 11.3 Å². The molecule has 96 valence electrons. The van der Waals surface area contributed by atoms with Crippen LogP contribution in [-0.4, -0.2) is 15.3 Å². The maximum atomic E-state index is 4.46. The molecule has 0 fully saturated rings. The Bertz CT molecular complexity index is 506. The number of hydrogen-bond donors (Lipinski definition) is 1. The van der Waals surface area contributed by atoms with Gasteiger partial charge in [-0.25, -0.2) is 4.68 Å². The lowest BCUT2D eigenvalue weighted by Crippen LogP contribution is -2.35. The molecule has 0 spiro atoms. The lowest BCUT2D eigenvalue weighted by atomic mass is 10.1. The minimum absolute atomic E-state index is 0.126. The topological polar surface area (TPSA) is 29.9 Å². The van der Waals surface area contributed by atoms with Crippen LogP contribution in [0.2, 0.25) is 0 Å². The van der Waals surface area contributed by atoms with Gasteiger partial charge in [-0.2, -0.15) is 5.10 Å². The maximum absolute atomic E-state index is 4.46. The molecule has 1 aromatic carbocycles. The summed E-state index contributed by atoms with van der Waals surface area (Å²) in [6.45, 7) is 9.47. The van der Waals surface area contributed by atoms with Crippen molar-refractivity contribution in [2.45, 2.75) is 39.8 Å². The van der Waals surface area contributed by atoms with E-state index in [1.54, 1.807) is 0 Å². The Labute approximate surface area is 109 Å². The van der Waals surface area contributed by atoms with E-state index in [2.05, 4.69) is 50.2 Å². The van der Waals surface area contributed by atoms with Crippen LogP contribution in [0.25, 0.3) is 5.69 Å². The number of benzene rings is 1. The van der Waals surface area contributed by atoms with Crippen LogP contribution in [0, 0.1) is 6.92 Å². The number of nitrogens with zero attached hydrogens (tertiary/aromatic N) is 2. The highest BCUT2D eigenvalue weighted by atomic mass is 15.3. The molecule has 0 unspecified atom stereocenters. The molecule has 3 heteroatoms. The first-order chi connectivity index (χ1) is 8.47. The highest BCUT2D eigenvalue weighted by molar-refractivity contribution is 5.34. The third-order valence-electron chi connectivity index (χ3n) is 2.92. The van der Waals surface area contributed by atoms with E-state index >= 15 is 0 Å². The Morgan fingerprint density at radius 1 is 1.17 bits per heavy atom. The minimum atomic E-state index is 0.126. The summed E-state index contributed by atoms with van der Waals surface area (Å²) in [7, 11) is 0. The van der Waals surface area contributed by atoms with Crippen LogP contribution in [0.4, 0.5) is 0 Å². The minimum Gasteiger partial charge on any atom is -0.308 e. The Morgan fingerprint density at radius 3 is 2.44 bits per heavy atom. The van der Waals surface area contributed by atoms with Crippen molar-refractivity contribution in [2.24, 2.45) is 0 Å². The predicted octanol–water partition coefficient (Wildman–Crippen LogP) is 3.07. The van der Waals surface area contributed by atoms with Crippen LogP contribution in [0.1, 0.15) is 32.0 Å². The molecular weight excluding hydrogens is 222 g/mol. The summed E-state index contributed by atoms with van der Waals surface area (Å²) in [4.78, 5) is 0. The summed E-state index contributed by atoms with van der Waals surface area (Å²) in [6, 6.07) is 10.2. The maximum Gasteiger partial charge on any atom is 0.0648 e. The largest absolute Gasteiger partial charge is 0.308 e. The van der Waals surface area contributed by atoms with Crippen LogP contribution in [0.5, 0.6) is 0 Å². The van der Waals surface area contributed by atoms with Crippen LogP contribution in [-0.2, 0) is 6.54 Å². The number of nitrogens with one attached hydrogen (secondary N) is 1. The van der Waals surface area contributed by atoms with E-state index in [1.807, 2.05) is 29.1 Å². The lowest BCUT2D eigenvalue weighted by molar-refractivity contribution is 0.424. The molecule has 0 saturated heterocycles. The normalized spacial score (nSPS) is 11.8. The van der Waals surface area contributed by atoms with Crippen molar-refractivity contribution < 1.29 is 0 Å². The number of aromatic nitrogens is 2. The molecule has 1 N–H and O–H groups in total. The second-order valence-electron chi connectivity index (χ2n) is 5.61. The van der Waals surface area contributed by atoms with Crippen molar-refractivity contribution in [2.75, 3.05) is 0 Å². The van der Waals surface area contributed by atoms with Crippen molar-refractivity contribution in [1.82, 2.24) is 15.1 Å². The molecule has 0 atom stereocenters. The monoisotopic (exact) mass is 243 g/mol. The van der Waals surface area contributed by atoms with Crippen LogP contribution >= 0.6 is 0 Å². The van der Waals surface area contributed by atoms with Gasteiger partial charge in [-0.3, -0.25) is 0 Å². The second kappa shape index (κ2) is 4.94. The van der Waals surface area contributed by atoms with Crippen molar-refractivity contribution in [1.29, 1.82) is 0 Å². The number of hydrogen-bond acceptors (Lipinski definition) is 2. The van der Waals surface area contributed by atoms with Gasteiger partial charge in [-0.05, 0) is 39.8 Å². The lowest BCUT2D eigenvalue weighted by Gasteiger charge is -2.20. The molecule has 0 aliphatic carbocycles. The first-order valence-electron chi connectivity index (χ1n) is 6.31. The van der Waals surface area contributed by atoms with E-state index in [-0.39, 0.29) is 5.54 Å². The third kappa shape index (κ3) is 2.99. The number of para-hydroxylation sites is 1. The summed E-state index contributed by atoms with van der Waals surface area (Å²) in [5.41, 5.74) is 3.67. The molecule has 0 saturated carbocycles. The van der Waals surface area contributed by atoms with E-state index in [0.29, 0.717) is 0 Å². The fraction of sp³-hybridized carbons (Fsp3) is 0.400. The second-order valence-corrected chi connectivity index (χ2v) is 5.61. The zero-order valence-electron chi connectivity index (χ0n) is 11.6. The van der Waals surface area contributed by atoms with Gasteiger partial charge in [0, 0.05) is 23.3 Å². The first kappa shape index (κ1) is 12.8. The van der Waals surface area contributed by atoms with E-state index < -0.39 is 0 Å². The summed E-state index contributed by atoms with van der Waals surface area (Å²) < 4.78 is 1.99. The van der Waals surface area contributed by atoms with Crippen LogP contribution in [0.15, 0.2) is 36.5 Å². The quantitative estimate of drug-likeness (QED) is 0.898. The van der Waals surface area contributed by atoms with Gasteiger partial charge in [0.25, 0.3) is 0 Å². The van der Waals surface area contributed by atoms with Crippen molar-refractivity contribution >= 4 is 0 Å². The Kier molecular flexibility index (Phi) is 3.53. The van der Waals surface area contributed by atoms with Crippen molar-refractivity contribution in [3.05, 3.63) is 47.8 Å². The molecule has 3 nitrogen and oxygen atoms in total. The highest BCUT2D eigenvalue weighted by Gasteiger charge is 2.12. The summed E-state index contributed by atoms with van der Waals surface area (Å²) in [5.74, 6) is 0. The van der Waals surface area contributed by atoms with Gasteiger partial charge in [-0.15, -0.1) is 0 Å². The average molecular weight is 243 g/mol. The Balaban J connectivity index is 2.19. The van der Waals surface area contributed by atoms with E-state index in [4.69, 9.17) is 0 Å². The smallest absolute Gasteiger partial charge is 0.0648 e. The highest BCUT2D eigenvalue weighted by Crippen LogP contribution is 2.14. The fourth-order valence-electron chi connectivity index (χ4n) is 1.81. The summed E-state index contributed by atoms with van der Waals surface area (Å²) in [5, 5.41) is 7.95. The Morgan fingerprint density at radius 2 is 1.83 bits per heavy atom. The molecule has 1 heterocycles. The van der Waals surface area contributed by atoms with E-state index in [9.17, 15) is 0 Å². The van der Waals surface area contributed by atoms with Gasteiger partial charge in [0.05, 0.1) is 11.9 Å². The van der Waals surface area contributed by atoms with Gasteiger partial charge in [0.15, 0.2) is 0 Å². The molecule has 0 aliphatic rings. The van der Waals surface area contributed by atoms with Crippen molar-refractivity contribution in [3.63, 3.8) is 0 Å². The SMILES string of the molecule is Cc1c(CNC(C)(C)C)cnn1-c1ccccc1. The molecule has 0 aliphatic heterocycles. The predicted molar refractivity (Wildman–Crippen MR) is 74.9 cm³/mol. The first-order valence-corrected chi connectivity index (χ1v) is 6.31.